The van der Waals surface area contributed by atoms with Gasteiger partial charge in [0.25, 0.3) is 0 Å². The Kier molecular flexibility index (Phi) is 16.1. The second-order valence-electron chi connectivity index (χ2n) is 8.28. The molecule has 0 spiro atoms. The summed E-state index contributed by atoms with van der Waals surface area (Å²) in [5, 5.41) is 27.0. The van der Waals surface area contributed by atoms with Gasteiger partial charge in [-0.25, -0.2) is 0 Å². The lowest BCUT2D eigenvalue weighted by Crippen LogP contribution is -2.40. The Morgan fingerprint density at radius 1 is 1.24 bits per heavy atom. The zero-order valence-electron chi connectivity index (χ0n) is 17.6. The molecule has 0 radical (unpaired) electrons. The van der Waals surface area contributed by atoms with E-state index in [-0.39, 0.29) is 6.61 Å². The van der Waals surface area contributed by atoms with Gasteiger partial charge in [0.05, 0.1) is 24.4 Å². The van der Waals surface area contributed by atoms with E-state index in [0.717, 1.165) is 44.4 Å². The van der Waals surface area contributed by atoms with Crippen LogP contribution >= 0.6 is 0 Å². The summed E-state index contributed by atoms with van der Waals surface area (Å²) in [6.45, 7) is 13.9. The molecule has 0 saturated heterocycles. The smallest absolute Gasteiger partial charge is 0.0769 e. The molecule has 25 heavy (non-hydrogen) atoms. The average molecular weight is 364 g/mol. The summed E-state index contributed by atoms with van der Waals surface area (Å²) in [6, 6.07) is 0. The van der Waals surface area contributed by atoms with E-state index in [9.17, 15) is 10.2 Å². The second-order valence-corrected chi connectivity index (χ2v) is 8.28. The van der Waals surface area contributed by atoms with Gasteiger partial charge < -0.3 is 25.8 Å². The molecule has 0 bridgehead atoms. The molecule has 1 aliphatic carbocycles. The number of rotatable bonds is 7. The van der Waals surface area contributed by atoms with Crippen molar-refractivity contribution in [1.82, 2.24) is 0 Å². The van der Waals surface area contributed by atoms with Crippen molar-refractivity contribution in [2.45, 2.75) is 91.3 Å². The van der Waals surface area contributed by atoms with Gasteiger partial charge in [-0.15, -0.1) is 0 Å². The molecule has 1 fully saturated rings. The average Bonchev–Trinajstić information content (AvgIpc) is 2.54. The van der Waals surface area contributed by atoms with Crippen LogP contribution in [0.1, 0.15) is 80.1 Å². The van der Waals surface area contributed by atoms with E-state index < -0.39 is 11.2 Å². The standard InChI is InChI=1S/C8H17NO.C8H18O.C4H10O2/c1-7-2-4-8(10,6-9)5-3-7;1-7(2)5-6-8(3,4)9;1-2-6-4-3-5/h7,10H,2-6,9H2,1H3;7,9H,5-6H2,1-4H3;5H,2-4H2,1H3. The molecule has 0 heterocycles. The van der Waals surface area contributed by atoms with E-state index in [1.54, 1.807) is 0 Å². The summed E-state index contributed by atoms with van der Waals surface area (Å²) < 4.78 is 4.73. The van der Waals surface area contributed by atoms with Crippen LogP contribution < -0.4 is 5.73 Å². The molecule has 1 saturated carbocycles. The van der Waals surface area contributed by atoms with Crippen LogP contribution in [0.5, 0.6) is 0 Å². The molecule has 0 amide bonds. The van der Waals surface area contributed by atoms with Crippen LogP contribution in [0.25, 0.3) is 0 Å². The predicted molar refractivity (Wildman–Crippen MR) is 106 cm³/mol. The highest BCUT2D eigenvalue weighted by molar-refractivity contribution is 4.84. The van der Waals surface area contributed by atoms with Crippen molar-refractivity contribution in [2.75, 3.05) is 26.4 Å². The Balaban J connectivity index is 0. The summed E-state index contributed by atoms with van der Waals surface area (Å²) in [5.41, 5.74) is 4.44. The zero-order chi connectivity index (χ0) is 19.9. The Morgan fingerprint density at radius 3 is 2.00 bits per heavy atom. The van der Waals surface area contributed by atoms with Crippen molar-refractivity contribution in [3.8, 4) is 0 Å². The van der Waals surface area contributed by atoms with Crippen LogP contribution in [0.3, 0.4) is 0 Å². The van der Waals surface area contributed by atoms with Crippen LogP contribution in [-0.2, 0) is 4.74 Å². The fourth-order valence-electron chi connectivity index (χ4n) is 2.35. The normalized spacial score (nSPS) is 23.4. The van der Waals surface area contributed by atoms with Gasteiger partial charge in [-0.3, -0.25) is 0 Å². The molecular weight excluding hydrogens is 318 g/mol. The number of ether oxygens (including phenoxy) is 1. The molecule has 1 aliphatic rings. The first-order valence-corrected chi connectivity index (χ1v) is 9.83. The summed E-state index contributed by atoms with van der Waals surface area (Å²) in [5.74, 6) is 1.49. The predicted octanol–water partition coefficient (Wildman–Crippen LogP) is 3.10. The molecule has 0 aromatic carbocycles. The first kappa shape index (κ1) is 27.0. The third-order valence-corrected chi connectivity index (χ3v) is 4.36. The van der Waals surface area contributed by atoms with Crippen molar-refractivity contribution in [3.05, 3.63) is 0 Å². The van der Waals surface area contributed by atoms with E-state index in [1.165, 1.54) is 0 Å². The molecule has 0 aliphatic heterocycles. The van der Waals surface area contributed by atoms with Gasteiger partial charge in [-0.1, -0.05) is 20.8 Å². The van der Waals surface area contributed by atoms with Crippen LogP contribution in [0, 0.1) is 11.8 Å². The van der Waals surface area contributed by atoms with Crippen LogP contribution in [0.15, 0.2) is 0 Å². The van der Waals surface area contributed by atoms with Gasteiger partial charge in [0.15, 0.2) is 0 Å². The molecular formula is C20H45NO4. The van der Waals surface area contributed by atoms with Gasteiger partial charge >= 0.3 is 0 Å². The van der Waals surface area contributed by atoms with E-state index >= 15 is 0 Å². The number of aliphatic hydroxyl groups excluding tert-OH is 1. The molecule has 0 aromatic rings. The highest BCUT2D eigenvalue weighted by atomic mass is 16.5. The highest BCUT2D eigenvalue weighted by Crippen LogP contribution is 2.30. The minimum absolute atomic E-state index is 0.133. The monoisotopic (exact) mass is 363 g/mol. The lowest BCUT2D eigenvalue weighted by atomic mass is 9.80. The maximum atomic E-state index is 9.67. The van der Waals surface area contributed by atoms with Gasteiger partial charge in [-0.2, -0.15) is 0 Å². The van der Waals surface area contributed by atoms with Crippen LogP contribution in [0.4, 0.5) is 0 Å². The first-order chi connectivity index (χ1) is 11.5. The summed E-state index contributed by atoms with van der Waals surface area (Å²) in [6.07, 6.45) is 6.07. The van der Waals surface area contributed by atoms with Crippen molar-refractivity contribution in [1.29, 1.82) is 0 Å². The van der Waals surface area contributed by atoms with Crippen molar-refractivity contribution >= 4 is 0 Å². The SMILES string of the molecule is CC(C)CCC(C)(C)O.CC1CCC(O)(CN)CC1.CCOCCO. The minimum atomic E-state index is -0.521. The van der Waals surface area contributed by atoms with Gasteiger partial charge in [0.2, 0.25) is 0 Å². The summed E-state index contributed by atoms with van der Waals surface area (Å²) >= 11 is 0. The van der Waals surface area contributed by atoms with Gasteiger partial charge in [0, 0.05) is 13.2 Å². The van der Waals surface area contributed by atoms with E-state index in [4.69, 9.17) is 15.6 Å². The van der Waals surface area contributed by atoms with Crippen molar-refractivity contribution < 1.29 is 20.1 Å². The summed E-state index contributed by atoms with van der Waals surface area (Å²) in [4.78, 5) is 0. The van der Waals surface area contributed by atoms with E-state index in [0.29, 0.717) is 25.7 Å². The van der Waals surface area contributed by atoms with Crippen LogP contribution in [0.2, 0.25) is 0 Å². The lowest BCUT2D eigenvalue weighted by Gasteiger charge is -2.33. The molecule has 154 valence electrons. The van der Waals surface area contributed by atoms with Crippen molar-refractivity contribution in [3.63, 3.8) is 0 Å². The minimum Gasteiger partial charge on any atom is -0.394 e. The summed E-state index contributed by atoms with van der Waals surface area (Å²) in [7, 11) is 0. The van der Waals surface area contributed by atoms with Crippen molar-refractivity contribution in [2.24, 2.45) is 17.6 Å². The molecule has 1 rings (SSSR count). The Bertz CT molecular complexity index is 278. The Labute approximate surface area is 156 Å². The quantitative estimate of drug-likeness (QED) is 0.521. The number of hydrogen-bond acceptors (Lipinski definition) is 5. The first-order valence-electron chi connectivity index (χ1n) is 9.83. The van der Waals surface area contributed by atoms with Crippen LogP contribution in [-0.4, -0.2) is 52.9 Å². The maximum Gasteiger partial charge on any atom is 0.0769 e. The third-order valence-electron chi connectivity index (χ3n) is 4.36. The number of nitrogens with two attached hydrogens (primary N) is 1. The molecule has 0 atom stereocenters. The second kappa shape index (κ2) is 14.9. The van der Waals surface area contributed by atoms with Gasteiger partial charge in [-0.05, 0) is 71.1 Å². The van der Waals surface area contributed by atoms with E-state index in [2.05, 4.69) is 20.8 Å². The number of hydrogen-bond donors (Lipinski definition) is 4. The zero-order valence-corrected chi connectivity index (χ0v) is 17.6. The highest BCUT2D eigenvalue weighted by Gasteiger charge is 2.29. The Morgan fingerprint density at radius 2 is 1.76 bits per heavy atom. The van der Waals surface area contributed by atoms with Gasteiger partial charge in [0.1, 0.15) is 0 Å². The molecule has 0 unspecified atom stereocenters. The maximum absolute atomic E-state index is 9.67. The molecule has 5 nitrogen and oxygen atoms in total. The topological polar surface area (TPSA) is 95.9 Å². The molecule has 5 N–H and O–H groups in total. The Hall–Kier alpha value is -0.200. The van der Waals surface area contributed by atoms with E-state index in [1.807, 2.05) is 20.8 Å². The number of aliphatic hydroxyl groups is 3. The fraction of sp³-hybridized carbons (Fsp3) is 1.00. The third kappa shape index (κ3) is 20.0. The molecule has 5 heteroatoms. The largest absolute Gasteiger partial charge is 0.394 e. The lowest BCUT2D eigenvalue weighted by molar-refractivity contribution is 0.00127. The molecule has 0 aromatic heterocycles. The fourth-order valence-corrected chi connectivity index (χ4v) is 2.35.